The molecule has 0 N–H and O–H groups in total. The lowest BCUT2D eigenvalue weighted by Crippen LogP contribution is -2.07. The van der Waals surface area contributed by atoms with Gasteiger partial charge in [0.05, 0.1) is 62.3 Å². The second kappa shape index (κ2) is 14.4. The largest absolute Gasteiger partial charge is 0.416 e. The van der Waals surface area contributed by atoms with E-state index < -0.39 is 11.7 Å². The van der Waals surface area contributed by atoms with Gasteiger partial charge >= 0.3 is 6.18 Å². The highest BCUT2D eigenvalue weighted by Gasteiger charge is 2.32. The van der Waals surface area contributed by atoms with Crippen molar-refractivity contribution in [3.63, 3.8) is 0 Å². The van der Waals surface area contributed by atoms with Crippen molar-refractivity contribution in [2.75, 3.05) is 0 Å². The Hall–Kier alpha value is -7.87. The van der Waals surface area contributed by atoms with E-state index in [1.54, 1.807) is 6.07 Å². The zero-order chi connectivity index (χ0) is 43.0. The smallest absolute Gasteiger partial charge is 0.307 e. The molecule has 0 saturated carbocycles. The van der Waals surface area contributed by atoms with Crippen molar-refractivity contribution >= 4 is 43.6 Å². The first kappa shape index (κ1) is 38.3. The maximum Gasteiger partial charge on any atom is 0.416 e. The third kappa shape index (κ3) is 6.38. The molecule has 0 fully saturated rings. The van der Waals surface area contributed by atoms with Gasteiger partial charge in [0, 0.05) is 27.1 Å². The number of alkyl halides is 3. The summed E-state index contributed by atoms with van der Waals surface area (Å²) in [5.41, 5.74) is 13.1. The van der Waals surface area contributed by atoms with E-state index in [-0.39, 0.29) is 22.3 Å². The predicted octanol–water partition coefficient (Wildman–Crippen LogP) is 14.9. The number of aromatic nitrogens is 2. The van der Waals surface area contributed by atoms with E-state index in [9.17, 15) is 23.7 Å². The molecule has 0 amide bonds. The summed E-state index contributed by atoms with van der Waals surface area (Å²) in [6.45, 7) is 8.34. The van der Waals surface area contributed by atoms with Crippen LogP contribution in [-0.2, 0) is 6.18 Å². The average Bonchev–Trinajstić information content (AvgIpc) is 3.76. The molecule has 0 aliphatic rings. The van der Waals surface area contributed by atoms with Crippen molar-refractivity contribution < 1.29 is 13.2 Å². The van der Waals surface area contributed by atoms with Crippen LogP contribution in [0.3, 0.4) is 0 Å². The van der Waals surface area contributed by atoms with Crippen LogP contribution in [0.2, 0.25) is 0 Å². The maximum atomic E-state index is 14.4. The minimum Gasteiger partial charge on any atom is -0.307 e. The Balaban J connectivity index is 1.37. The van der Waals surface area contributed by atoms with Crippen LogP contribution in [0.25, 0.3) is 88.4 Å². The molecular formula is C55H37F3N4. The Morgan fingerprint density at radius 2 is 0.887 bits per heavy atom. The number of benzene rings is 8. The molecule has 298 valence electrons. The number of para-hydroxylation sites is 2. The first-order valence-corrected chi connectivity index (χ1v) is 20.3. The van der Waals surface area contributed by atoms with Gasteiger partial charge in [-0.05, 0) is 110 Å². The maximum absolute atomic E-state index is 14.4. The number of hydrogen-bond acceptors (Lipinski definition) is 2. The van der Waals surface area contributed by atoms with Gasteiger partial charge in [-0.1, -0.05) is 119 Å². The molecule has 4 nitrogen and oxygen atoms in total. The van der Waals surface area contributed by atoms with E-state index in [1.165, 1.54) is 6.07 Å². The van der Waals surface area contributed by atoms with Crippen LogP contribution in [-0.4, -0.2) is 9.13 Å². The lowest BCUT2D eigenvalue weighted by Gasteiger charge is -2.20. The first-order chi connectivity index (χ1) is 29.9. The number of aryl methyl sites for hydroxylation is 4. The number of rotatable bonds is 5. The van der Waals surface area contributed by atoms with Gasteiger partial charge in [-0.25, -0.2) is 0 Å². The number of hydrogen-bond donors (Lipinski definition) is 0. The molecule has 0 atom stereocenters. The molecule has 2 aromatic heterocycles. The molecule has 0 bridgehead atoms. The van der Waals surface area contributed by atoms with Crippen LogP contribution in [0, 0.1) is 50.4 Å². The second-order valence-corrected chi connectivity index (χ2v) is 16.3. The predicted molar refractivity (Wildman–Crippen MR) is 245 cm³/mol. The van der Waals surface area contributed by atoms with E-state index in [0.717, 1.165) is 100 Å². The lowest BCUT2D eigenvalue weighted by molar-refractivity contribution is -0.137. The van der Waals surface area contributed by atoms with Gasteiger partial charge in [0.25, 0.3) is 0 Å². The molecule has 7 heteroatoms. The van der Waals surface area contributed by atoms with Crippen LogP contribution >= 0.6 is 0 Å². The highest BCUT2D eigenvalue weighted by atomic mass is 19.4. The van der Waals surface area contributed by atoms with Crippen LogP contribution in [0.5, 0.6) is 0 Å². The molecule has 0 spiro atoms. The van der Waals surface area contributed by atoms with Crippen molar-refractivity contribution in [1.82, 2.24) is 9.13 Å². The zero-order valence-corrected chi connectivity index (χ0v) is 34.4. The van der Waals surface area contributed by atoms with Gasteiger partial charge < -0.3 is 9.13 Å². The number of nitriles is 2. The fraction of sp³-hybridized carbons (Fsp3) is 0.0909. The summed E-state index contributed by atoms with van der Waals surface area (Å²) < 4.78 is 47.6. The molecule has 62 heavy (non-hydrogen) atoms. The van der Waals surface area contributed by atoms with Crippen LogP contribution < -0.4 is 0 Å². The number of fused-ring (bicyclic) bond motifs is 6. The molecule has 0 aliphatic heterocycles. The summed E-state index contributed by atoms with van der Waals surface area (Å²) in [7, 11) is 0. The Bertz CT molecular complexity index is 3550. The molecule has 10 rings (SSSR count). The third-order valence-corrected chi connectivity index (χ3v) is 11.9. The Kier molecular flexibility index (Phi) is 8.91. The van der Waals surface area contributed by atoms with Crippen LogP contribution in [0.1, 0.15) is 38.9 Å². The van der Waals surface area contributed by atoms with Gasteiger partial charge in [0.1, 0.15) is 0 Å². The number of nitrogens with zero attached hydrogens (tertiary/aromatic N) is 4. The topological polar surface area (TPSA) is 57.4 Å². The van der Waals surface area contributed by atoms with Gasteiger partial charge in [0.2, 0.25) is 0 Å². The molecule has 8 aromatic carbocycles. The van der Waals surface area contributed by atoms with Crippen LogP contribution in [0.4, 0.5) is 13.2 Å². The van der Waals surface area contributed by atoms with Crippen molar-refractivity contribution in [3.05, 3.63) is 191 Å². The van der Waals surface area contributed by atoms with E-state index >= 15 is 0 Å². The van der Waals surface area contributed by atoms with E-state index in [2.05, 4.69) is 140 Å². The quantitative estimate of drug-likeness (QED) is 0.174. The fourth-order valence-corrected chi connectivity index (χ4v) is 9.38. The minimum absolute atomic E-state index is 0.122. The summed E-state index contributed by atoms with van der Waals surface area (Å²) in [5.74, 6) is 0. The fourth-order valence-electron chi connectivity index (χ4n) is 9.38. The lowest BCUT2D eigenvalue weighted by atomic mass is 9.94. The molecule has 0 aliphatic carbocycles. The second-order valence-electron chi connectivity index (χ2n) is 16.3. The van der Waals surface area contributed by atoms with Crippen molar-refractivity contribution in [2.45, 2.75) is 33.9 Å². The van der Waals surface area contributed by atoms with E-state index in [4.69, 9.17) is 0 Å². The monoisotopic (exact) mass is 810 g/mol. The van der Waals surface area contributed by atoms with Crippen molar-refractivity contribution in [2.24, 2.45) is 0 Å². The summed E-state index contributed by atoms with van der Waals surface area (Å²) >= 11 is 0. The Morgan fingerprint density at radius 1 is 0.419 bits per heavy atom. The highest BCUT2D eigenvalue weighted by Crippen LogP contribution is 2.43. The van der Waals surface area contributed by atoms with Crippen LogP contribution in [0.15, 0.2) is 152 Å². The number of halogens is 3. The highest BCUT2D eigenvalue weighted by molar-refractivity contribution is 6.13. The molecule has 0 radical (unpaired) electrons. The van der Waals surface area contributed by atoms with E-state index in [0.29, 0.717) is 11.4 Å². The normalized spacial score (nSPS) is 11.8. The van der Waals surface area contributed by atoms with Gasteiger partial charge in [-0.2, -0.15) is 23.7 Å². The van der Waals surface area contributed by atoms with E-state index in [1.807, 2.05) is 36.4 Å². The molecule has 10 aromatic rings. The molecule has 2 heterocycles. The average molecular weight is 811 g/mol. The standard InChI is InChI=1S/C55H37F3N4/c1-32-17-33(2)20-39(19-32)37-13-15-46-44-9-5-7-11-49(44)61(51(46)26-37)53-28-42(31-60)48(41-23-36(30-59)24-43(25-41)55(56,57)58)29-54(53)62-50-12-8-6-10-45(50)47-16-14-38(27-52(47)62)40-21-34(3)18-35(4)22-40/h5-29H,1-4H3. The van der Waals surface area contributed by atoms with Gasteiger partial charge in [-0.3, -0.25) is 0 Å². The molecule has 0 saturated heterocycles. The van der Waals surface area contributed by atoms with Gasteiger partial charge in [0.15, 0.2) is 0 Å². The summed E-state index contributed by atoms with van der Waals surface area (Å²) in [4.78, 5) is 0. The summed E-state index contributed by atoms with van der Waals surface area (Å²) in [5, 5.41) is 24.9. The van der Waals surface area contributed by atoms with Crippen molar-refractivity contribution in [3.8, 4) is 56.9 Å². The zero-order valence-electron chi connectivity index (χ0n) is 34.4. The molecule has 0 unspecified atom stereocenters. The van der Waals surface area contributed by atoms with Gasteiger partial charge in [-0.15, -0.1) is 0 Å². The summed E-state index contributed by atoms with van der Waals surface area (Å²) in [6, 6.07) is 53.3. The third-order valence-electron chi connectivity index (χ3n) is 11.9. The Labute approximate surface area is 356 Å². The van der Waals surface area contributed by atoms with Crippen molar-refractivity contribution in [1.29, 1.82) is 10.5 Å². The summed E-state index contributed by atoms with van der Waals surface area (Å²) in [6.07, 6.45) is -4.72. The SMILES string of the molecule is Cc1cc(C)cc(-c2ccc3c4ccccc4n(-c4cc(C#N)c(-c5cc(C#N)cc(C(F)(F)F)c5)cc4-n4c5ccccc5c5ccc(-c6cc(C)cc(C)c6)cc54)c3c2)c1. The first-order valence-electron chi connectivity index (χ1n) is 20.3. The molecular weight excluding hydrogens is 774 g/mol. The Morgan fingerprint density at radius 3 is 1.35 bits per heavy atom. The minimum atomic E-state index is -4.72.